The van der Waals surface area contributed by atoms with E-state index in [4.69, 9.17) is 0 Å². The molecule has 0 aliphatic carbocycles. The van der Waals surface area contributed by atoms with Gasteiger partial charge >= 0.3 is 0 Å². The zero-order valence-electron chi connectivity index (χ0n) is 13.2. The summed E-state index contributed by atoms with van der Waals surface area (Å²) in [6.45, 7) is 1.16. The lowest BCUT2D eigenvalue weighted by atomic mass is 10.2. The molecule has 1 aliphatic rings. The predicted octanol–water partition coefficient (Wildman–Crippen LogP) is 0.761. The highest BCUT2D eigenvalue weighted by molar-refractivity contribution is 7.89. The number of nitrogens with zero attached hydrogens (tertiary/aromatic N) is 2. The zero-order valence-corrected chi connectivity index (χ0v) is 14.1. The van der Waals surface area contributed by atoms with E-state index in [1.807, 2.05) is 7.05 Å². The Labute approximate surface area is 132 Å². The minimum Gasteiger partial charge on any atom is -0.345 e. The van der Waals surface area contributed by atoms with E-state index in [1.165, 1.54) is 11.0 Å². The van der Waals surface area contributed by atoms with Crippen molar-refractivity contribution in [3.05, 3.63) is 29.8 Å². The first-order valence-electron chi connectivity index (χ1n) is 7.36. The third-order valence-electron chi connectivity index (χ3n) is 3.86. The SMILES string of the molecule is CNCC1CCCN1S(=O)(=O)c1cccc(C(=O)N(C)C)c1. The van der Waals surface area contributed by atoms with Gasteiger partial charge in [-0.3, -0.25) is 4.79 Å². The third kappa shape index (κ3) is 3.31. The number of benzene rings is 1. The van der Waals surface area contributed by atoms with Crippen LogP contribution in [0.3, 0.4) is 0 Å². The van der Waals surface area contributed by atoms with E-state index >= 15 is 0 Å². The van der Waals surface area contributed by atoms with Crippen LogP contribution in [-0.4, -0.2) is 63.8 Å². The molecule has 122 valence electrons. The smallest absolute Gasteiger partial charge is 0.253 e. The van der Waals surface area contributed by atoms with Crippen LogP contribution in [-0.2, 0) is 10.0 Å². The van der Waals surface area contributed by atoms with Gasteiger partial charge < -0.3 is 10.2 Å². The number of carbonyl (C=O) groups excluding carboxylic acids is 1. The van der Waals surface area contributed by atoms with Crippen molar-refractivity contribution in [3.63, 3.8) is 0 Å². The lowest BCUT2D eigenvalue weighted by Gasteiger charge is -2.24. The van der Waals surface area contributed by atoms with Crippen LogP contribution in [0, 0.1) is 0 Å². The molecule has 1 saturated heterocycles. The summed E-state index contributed by atoms with van der Waals surface area (Å²) in [5.74, 6) is -0.203. The van der Waals surface area contributed by atoms with Crippen molar-refractivity contribution < 1.29 is 13.2 Å². The second kappa shape index (κ2) is 6.76. The highest BCUT2D eigenvalue weighted by atomic mass is 32.2. The molecule has 2 rings (SSSR count). The van der Waals surface area contributed by atoms with Crippen molar-refractivity contribution in [2.24, 2.45) is 0 Å². The molecule has 0 radical (unpaired) electrons. The fourth-order valence-corrected chi connectivity index (χ4v) is 4.49. The Morgan fingerprint density at radius 2 is 2.14 bits per heavy atom. The van der Waals surface area contributed by atoms with Gasteiger partial charge in [-0.25, -0.2) is 8.42 Å². The predicted molar refractivity (Wildman–Crippen MR) is 85.3 cm³/mol. The van der Waals surface area contributed by atoms with E-state index in [2.05, 4.69) is 5.32 Å². The van der Waals surface area contributed by atoms with Gasteiger partial charge in [-0.15, -0.1) is 0 Å². The van der Waals surface area contributed by atoms with Gasteiger partial charge in [0.1, 0.15) is 0 Å². The molecule has 7 heteroatoms. The van der Waals surface area contributed by atoms with Gasteiger partial charge in [0, 0.05) is 38.8 Å². The summed E-state index contributed by atoms with van der Waals surface area (Å²) in [4.78, 5) is 13.6. The van der Waals surface area contributed by atoms with Crippen LogP contribution >= 0.6 is 0 Å². The van der Waals surface area contributed by atoms with Gasteiger partial charge in [-0.05, 0) is 38.1 Å². The Hall–Kier alpha value is -1.44. The second-order valence-electron chi connectivity index (χ2n) is 5.70. The van der Waals surface area contributed by atoms with Gasteiger partial charge in [-0.1, -0.05) is 6.07 Å². The van der Waals surface area contributed by atoms with Crippen molar-refractivity contribution in [1.29, 1.82) is 0 Å². The second-order valence-corrected chi connectivity index (χ2v) is 7.59. The molecule has 6 nitrogen and oxygen atoms in total. The van der Waals surface area contributed by atoms with E-state index in [1.54, 1.807) is 36.6 Å². The standard InChI is InChI=1S/C15H23N3O3S/c1-16-11-13-7-5-9-18(13)22(20,21)14-8-4-6-12(10-14)15(19)17(2)3/h4,6,8,10,13,16H,5,7,9,11H2,1-3H3. The van der Waals surface area contributed by atoms with E-state index in [9.17, 15) is 13.2 Å². The van der Waals surface area contributed by atoms with E-state index in [0.717, 1.165) is 12.8 Å². The van der Waals surface area contributed by atoms with Gasteiger partial charge in [0.2, 0.25) is 10.0 Å². The minimum absolute atomic E-state index is 0.0248. The molecule has 0 spiro atoms. The molecular formula is C15H23N3O3S. The highest BCUT2D eigenvalue weighted by Crippen LogP contribution is 2.26. The van der Waals surface area contributed by atoms with Gasteiger partial charge in [0.05, 0.1) is 4.90 Å². The number of amides is 1. The Balaban J connectivity index is 2.34. The molecule has 1 heterocycles. The summed E-state index contributed by atoms with van der Waals surface area (Å²) >= 11 is 0. The van der Waals surface area contributed by atoms with Gasteiger partial charge in [-0.2, -0.15) is 4.31 Å². The Kier molecular flexibility index (Phi) is 5.20. The van der Waals surface area contributed by atoms with Crippen LogP contribution < -0.4 is 5.32 Å². The van der Waals surface area contributed by atoms with Crippen LogP contribution in [0.1, 0.15) is 23.2 Å². The first-order chi connectivity index (χ1) is 10.4. The van der Waals surface area contributed by atoms with Gasteiger partial charge in [0.25, 0.3) is 5.91 Å². The quantitative estimate of drug-likeness (QED) is 0.868. The number of sulfonamides is 1. The molecule has 1 N–H and O–H groups in total. The average Bonchev–Trinajstić information content (AvgIpc) is 2.96. The molecule has 1 aromatic rings. The molecule has 1 aliphatic heterocycles. The van der Waals surface area contributed by atoms with Crippen molar-refractivity contribution in [3.8, 4) is 0 Å². The summed E-state index contributed by atoms with van der Waals surface area (Å²) in [5.41, 5.74) is 0.385. The zero-order chi connectivity index (χ0) is 16.3. The normalized spacial score (nSPS) is 19.3. The lowest BCUT2D eigenvalue weighted by Crippen LogP contribution is -2.40. The molecule has 1 aromatic carbocycles. The number of hydrogen-bond acceptors (Lipinski definition) is 4. The van der Waals surface area contributed by atoms with E-state index < -0.39 is 10.0 Å². The maximum atomic E-state index is 12.8. The molecule has 1 unspecified atom stereocenters. The molecule has 1 fully saturated rings. The summed E-state index contributed by atoms with van der Waals surface area (Å²) in [7, 11) is 1.54. The first kappa shape index (κ1) is 16.9. The van der Waals surface area contributed by atoms with Crippen LogP contribution in [0.4, 0.5) is 0 Å². The molecule has 0 aromatic heterocycles. The van der Waals surface area contributed by atoms with Crippen molar-refractivity contribution in [1.82, 2.24) is 14.5 Å². The maximum Gasteiger partial charge on any atom is 0.253 e. The Morgan fingerprint density at radius 1 is 1.41 bits per heavy atom. The van der Waals surface area contributed by atoms with Crippen LogP contribution in [0.2, 0.25) is 0 Å². The summed E-state index contributed by atoms with van der Waals surface area (Å²) < 4.78 is 27.2. The first-order valence-corrected chi connectivity index (χ1v) is 8.80. The number of rotatable bonds is 5. The van der Waals surface area contributed by atoms with Gasteiger partial charge in [0.15, 0.2) is 0 Å². The summed E-state index contributed by atoms with van der Waals surface area (Å²) in [6.07, 6.45) is 1.72. The Morgan fingerprint density at radius 3 is 2.77 bits per heavy atom. The third-order valence-corrected chi connectivity index (χ3v) is 5.80. The highest BCUT2D eigenvalue weighted by Gasteiger charge is 2.35. The van der Waals surface area contributed by atoms with Crippen molar-refractivity contribution in [2.75, 3.05) is 34.2 Å². The summed E-state index contributed by atoms with van der Waals surface area (Å²) in [5, 5.41) is 3.04. The van der Waals surface area contributed by atoms with Crippen LogP contribution in [0.15, 0.2) is 29.2 Å². The number of hydrogen-bond donors (Lipinski definition) is 1. The topological polar surface area (TPSA) is 69.7 Å². The maximum absolute atomic E-state index is 12.8. The number of nitrogens with one attached hydrogen (secondary N) is 1. The van der Waals surface area contributed by atoms with Crippen molar-refractivity contribution in [2.45, 2.75) is 23.8 Å². The van der Waals surface area contributed by atoms with Crippen LogP contribution in [0.5, 0.6) is 0 Å². The monoisotopic (exact) mass is 325 g/mol. The molecule has 1 amide bonds. The Bertz CT molecular complexity index is 643. The average molecular weight is 325 g/mol. The van der Waals surface area contributed by atoms with Crippen LogP contribution in [0.25, 0.3) is 0 Å². The minimum atomic E-state index is -3.57. The van der Waals surface area contributed by atoms with E-state index in [-0.39, 0.29) is 16.8 Å². The number of carbonyl (C=O) groups is 1. The summed E-state index contributed by atoms with van der Waals surface area (Å²) in [6, 6.07) is 6.25. The molecule has 1 atom stereocenters. The molecular weight excluding hydrogens is 302 g/mol. The van der Waals surface area contributed by atoms with Crippen molar-refractivity contribution >= 4 is 15.9 Å². The fraction of sp³-hybridized carbons (Fsp3) is 0.533. The molecule has 22 heavy (non-hydrogen) atoms. The largest absolute Gasteiger partial charge is 0.345 e. The molecule has 0 bridgehead atoms. The molecule has 0 saturated carbocycles. The number of likely N-dealkylation sites (N-methyl/N-ethyl adjacent to an activating group) is 1. The lowest BCUT2D eigenvalue weighted by molar-refractivity contribution is 0.0827. The van der Waals surface area contributed by atoms with E-state index in [0.29, 0.717) is 18.7 Å². The fourth-order valence-electron chi connectivity index (χ4n) is 2.75.